The van der Waals surface area contributed by atoms with E-state index in [4.69, 9.17) is 16.6 Å². The van der Waals surface area contributed by atoms with Crippen LogP contribution in [0.25, 0.3) is 16.9 Å². The number of fused-ring (bicyclic) bond motifs is 1. The van der Waals surface area contributed by atoms with Gasteiger partial charge in [0, 0.05) is 22.3 Å². The lowest BCUT2D eigenvalue weighted by Gasteiger charge is -2.12. The van der Waals surface area contributed by atoms with E-state index >= 15 is 0 Å². The highest BCUT2D eigenvalue weighted by Crippen LogP contribution is 2.31. The Labute approximate surface area is 158 Å². The molecule has 1 N–H and O–H groups in total. The first-order valence-electron chi connectivity index (χ1n) is 7.75. The van der Waals surface area contributed by atoms with Crippen molar-refractivity contribution in [1.29, 1.82) is 0 Å². The zero-order chi connectivity index (χ0) is 17.4. The summed E-state index contributed by atoms with van der Waals surface area (Å²) in [5.41, 5.74) is 4.59. The number of halogens is 2. The summed E-state index contributed by atoms with van der Waals surface area (Å²) in [5, 5.41) is 8.48. The van der Waals surface area contributed by atoms with Gasteiger partial charge in [0.1, 0.15) is 5.82 Å². The standard InChI is InChI=1S/C19H14BrClN4/c1-12-6-8-13(9-7-12)23-18-10-17(14-4-2-3-5-16(14)21)24-19-15(20)11-22-25(18)19/h2-11,23H,1H3. The summed E-state index contributed by atoms with van der Waals surface area (Å²) < 4.78 is 2.60. The van der Waals surface area contributed by atoms with Gasteiger partial charge in [-0.05, 0) is 41.1 Å². The summed E-state index contributed by atoms with van der Waals surface area (Å²) in [6.07, 6.45) is 1.74. The molecule has 4 aromatic rings. The summed E-state index contributed by atoms with van der Waals surface area (Å²) in [5.74, 6) is 0.814. The van der Waals surface area contributed by atoms with Crippen molar-refractivity contribution in [2.45, 2.75) is 6.92 Å². The Morgan fingerprint density at radius 3 is 2.60 bits per heavy atom. The Morgan fingerprint density at radius 2 is 1.84 bits per heavy atom. The minimum absolute atomic E-state index is 0.663. The molecule has 0 amide bonds. The summed E-state index contributed by atoms with van der Waals surface area (Å²) in [7, 11) is 0. The molecule has 0 bridgehead atoms. The predicted molar refractivity (Wildman–Crippen MR) is 106 cm³/mol. The van der Waals surface area contributed by atoms with Crippen LogP contribution in [0.15, 0.2) is 65.3 Å². The van der Waals surface area contributed by atoms with Crippen molar-refractivity contribution in [3.63, 3.8) is 0 Å². The van der Waals surface area contributed by atoms with Gasteiger partial charge in [0.25, 0.3) is 0 Å². The minimum Gasteiger partial charge on any atom is -0.340 e. The van der Waals surface area contributed by atoms with Crippen molar-refractivity contribution in [3.8, 4) is 11.3 Å². The van der Waals surface area contributed by atoms with Crippen LogP contribution in [0.2, 0.25) is 5.02 Å². The molecular weight excluding hydrogens is 400 g/mol. The maximum atomic E-state index is 6.36. The molecule has 4 nitrogen and oxygen atoms in total. The molecule has 0 atom stereocenters. The first-order chi connectivity index (χ1) is 12.1. The van der Waals surface area contributed by atoms with Gasteiger partial charge < -0.3 is 5.32 Å². The van der Waals surface area contributed by atoms with E-state index in [1.54, 1.807) is 10.7 Å². The van der Waals surface area contributed by atoms with Crippen LogP contribution in [0.4, 0.5) is 11.5 Å². The highest BCUT2D eigenvalue weighted by molar-refractivity contribution is 9.10. The number of hydrogen-bond acceptors (Lipinski definition) is 3. The second-order valence-electron chi connectivity index (χ2n) is 5.73. The molecule has 0 radical (unpaired) electrons. The zero-order valence-corrected chi connectivity index (χ0v) is 15.7. The van der Waals surface area contributed by atoms with Crippen LogP contribution in [-0.4, -0.2) is 14.6 Å². The molecule has 4 rings (SSSR count). The fraction of sp³-hybridized carbons (Fsp3) is 0.0526. The second kappa shape index (κ2) is 6.50. The van der Waals surface area contributed by atoms with Crippen LogP contribution in [0, 0.1) is 6.92 Å². The summed E-state index contributed by atoms with van der Waals surface area (Å²) in [6, 6.07) is 17.8. The van der Waals surface area contributed by atoms with Crippen LogP contribution < -0.4 is 5.32 Å². The Hall–Kier alpha value is -2.37. The van der Waals surface area contributed by atoms with Crippen LogP contribution in [0.5, 0.6) is 0 Å². The summed E-state index contributed by atoms with van der Waals surface area (Å²) >= 11 is 9.87. The van der Waals surface area contributed by atoms with Crippen LogP contribution in [-0.2, 0) is 0 Å². The monoisotopic (exact) mass is 412 g/mol. The number of aryl methyl sites for hydroxylation is 1. The van der Waals surface area contributed by atoms with E-state index in [0.29, 0.717) is 5.02 Å². The average Bonchev–Trinajstić information content (AvgIpc) is 2.99. The van der Waals surface area contributed by atoms with Crippen LogP contribution in [0.3, 0.4) is 0 Å². The van der Waals surface area contributed by atoms with Crippen molar-refractivity contribution >= 4 is 44.7 Å². The van der Waals surface area contributed by atoms with E-state index in [1.165, 1.54) is 5.56 Å². The minimum atomic E-state index is 0.663. The number of anilines is 2. The number of aromatic nitrogens is 3. The lowest BCUT2D eigenvalue weighted by molar-refractivity contribution is 0.949. The van der Waals surface area contributed by atoms with Crippen molar-refractivity contribution in [3.05, 3.63) is 75.9 Å². The molecule has 2 aromatic heterocycles. The van der Waals surface area contributed by atoms with Gasteiger partial charge in [0.15, 0.2) is 5.65 Å². The van der Waals surface area contributed by atoms with E-state index in [9.17, 15) is 0 Å². The summed E-state index contributed by atoms with van der Waals surface area (Å²) in [6.45, 7) is 2.06. The average molecular weight is 414 g/mol. The predicted octanol–water partition coefficient (Wildman–Crippen LogP) is 5.86. The third kappa shape index (κ3) is 3.13. The molecule has 0 unspecified atom stereocenters. The zero-order valence-electron chi connectivity index (χ0n) is 13.4. The largest absolute Gasteiger partial charge is 0.340 e. The van der Waals surface area contributed by atoms with E-state index in [0.717, 1.165) is 32.9 Å². The van der Waals surface area contributed by atoms with E-state index < -0.39 is 0 Å². The van der Waals surface area contributed by atoms with Gasteiger partial charge in [-0.25, -0.2) is 4.98 Å². The van der Waals surface area contributed by atoms with Crippen molar-refractivity contribution in [1.82, 2.24) is 14.6 Å². The molecule has 0 spiro atoms. The Balaban J connectivity index is 1.87. The van der Waals surface area contributed by atoms with Gasteiger partial charge in [-0.1, -0.05) is 47.5 Å². The molecule has 25 heavy (non-hydrogen) atoms. The Morgan fingerprint density at radius 1 is 1.08 bits per heavy atom. The SMILES string of the molecule is Cc1ccc(Nc2cc(-c3ccccc3Cl)nc3c(Br)cnn23)cc1. The number of benzene rings is 2. The number of rotatable bonds is 3. The first-order valence-corrected chi connectivity index (χ1v) is 8.92. The number of nitrogens with one attached hydrogen (secondary N) is 1. The van der Waals surface area contributed by atoms with Crippen LogP contribution in [0.1, 0.15) is 5.56 Å². The molecule has 0 fully saturated rings. The normalized spacial score (nSPS) is 11.0. The van der Waals surface area contributed by atoms with Crippen molar-refractivity contribution < 1.29 is 0 Å². The van der Waals surface area contributed by atoms with Gasteiger partial charge in [-0.15, -0.1) is 0 Å². The maximum Gasteiger partial charge on any atom is 0.172 e. The molecular formula is C19H14BrClN4. The maximum absolute atomic E-state index is 6.36. The second-order valence-corrected chi connectivity index (χ2v) is 6.99. The van der Waals surface area contributed by atoms with E-state index in [1.807, 2.05) is 42.5 Å². The third-order valence-electron chi connectivity index (χ3n) is 3.90. The van der Waals surface area contributed by atoms with E-state index in [-0.39, 0.29) is 0 Å². The fourth-order valence-corrected chi connectivity index (χ4v) is 3.20. The van der Waals surface area contributed by atoms with Crippen molar-refractivity contribution in [2.75, 3.05) is 5.32 Å². The molecule has 124 valence electrons. The molecule has 0 saturated heterocycles. The van der Waals surface area contributed by atoms with Gasteiger partial charge in [-0.2, -0.15) is 9.61 Å². The summed E-state index contributed by atoms with van der Waals surface area (Å²) in [4.78, 5) is 4.71. The molecule has 6 heteroatoms. The van der Waals surface area contributed by atoms with Crippen molar-refractivity contribution in [2.24, 2.45) is 0 Å². The van der Waals surface area contributed by atoms with Gasteiger partial charge in [-0.3, -0.25) is 0 Å². The Kier molecular flexibility index (Phi) is 4.19. The van der Waals surface area contributed by atoms with E-state index in [2.05, 4.69) is 45.4 Å². The van der Waals surface area contributed by atoms with Crippen LogP contribution >= 0.6 is 27.5 Å². The smallest absolute Gasteiger partial charge is 0.172 e. The van der Waals surface area contributed by atoms with Gasteiger partial charge in [0.05, 0.1) is 16.4 Å². The number of hydrogen-bond donors (Lipinski definition) is 1. The first kappa shape index (κ1) is 16.1. The molecule has 0 saturated carbocycles. The lowest BCUT2D eigenvalue weighted by atomic mass is 10.1. The van der Waals surface area contributed by atoms with Gasteiger partial charge >= 0.3 is 0 Å². The molecule has 0 aliphatic carbocycles. The van der Waals surface area contributed by atoms with Gasteiger partial charge in [0.2, 0.25) is 0 Å². The molecule has 0 aliphatic rings. The third-order valence-corrected chi connectivity index (χ3v) is 4.79. The highest BCUT2D eigenvalue weighted by Gasteiger charge is 2.13. The fourth-order valence-electron chi connectivity index (χ4n) is 2.62. The highest BCUT2D eigenvalue weighted by atomic mass is 79.9. The quantitative estimate of drug-likeness (QED) is 0.457. The lowest BCUT2D eigenvalue weighted by Crippen LogP contribution is -2.02. The molecule has 2 heterocycles. The number of nitrogens with zero attached hydrogens (tertiary/aromatic N) is 3. The molecule has 0 aliphatic heterocycles. The molecule has 2 aromatic carbocycles. The topological polar surface area (TPSA) is 42.2 Å². The Bertz CT molecular complexity index is 1060.